The SMILES string of the molecule is CC(C)C1CSC(C(=O)O)=N1. The fraction of sp³-hybridized carbons (Fsp3) is 0.714. The number of carbonyl (C=O) groups is 1. The van der Waals surface area contributed by atoms with Crippen LogP contribution in [0.25, 0.3) is 0 Å². The van der Waals surface area contributed by atoms with Gasteiger partial charge >= 0.3 is 5.97 Å². The lowest BCUT2D eigenvalue weighted by molar-refractivity contribution is -0.129. The van der Waals surface area contributed by atoms with E-state index in [-0.39, 0.29) is 11.1 Å². The molecule has 0 fully saturated rings. The molecule has 1 heterocycles. The molecule has 3 nitrogen and oxygen atoms in total. The van der Waals surface area contributed by atoms with Gasteiger partial charge in [0.2, 0.25) is 0 Å². The fourth-order valence-corrected chi connectivity index (χ4v) is 1.97. The van der Waals surface area contributed by atoms with E-state index in [4.69, 9.17) is 5.11 Å². The van der Waals surface area contributed by atoms with Crippen LogP contribution in [-0.4, -0.2) is 27.9 Å². The van der Waals surface area contributed by atoms with Crippen LogP contribution in [-0.2, 0) is 4.79 Å². The van der Waals surface area contributed by atoms with Gasteiger partial charge in [-0.25, -0.2) is 4.79 Å². The van der Waals surface area contributed by atoms with E-state index < -0.39 is 5.97 Å². The number of hydrogen-bond acceptors (Lipinski definition) is 3. The summed E-state index contributed by atoms with van der Waals surface area (Å²) in [4.78, 5) is 14.5. The Morgan fingerprint density at radius 1 is 1.82 bits per heavy atom. The Morgan fingerprint density at radius 2 is 2.45 bits per heavy atom. The average Bonchev–Trinajstić information content (AvgIpc) is 2.33. The molecule has 1 aliphatic rings. The van der Waals surface area contributed by atoms with Crippen molar-refractivity contribution in [2.24, 2.45) is 10.9 Å². The van der Waals surface area contributed by atoms with Gasteiger partial charge in [-0.05, 0) is 5.92 Å². The topological polar surface area (TPSA) is 49.7 Å². The second kappa shape index (κ2) is 3.26. The summed E-state index contributed by atoms with van der Waals surface area (Å²) in [5.41, 5.74) is 0. The van der Waals surface area contributed by atoms with Crippen molar-refractivity contribution in [3.05, 3.63) is 0 Å². The third-order valence-corrected chi connectivity index (χ3v) is 2.69. The quantitative estimate of drug-likeness (QED) is 0.683. The van der Waals surface area contributed by atoms with Gasteiger partial charge in [-0.3, -0.25) is 4.99 Å². The summed E-state index contributed by atoms with van der Waals surface area (Å²) in [6.45, 7) is 4.11. The Bertz CT molecular complexity index is 201. The van der Waals surface area contributed by atoms with Gasteiger partial charge < -0.3 is 5.11 Å². The zero-order valence-electron chi connectivity index (χ0n) is 6.57. The molecule has 0 aromatic carbocycles. The lowest BCUT2D eigenvalue weighted by atomic mass is 10.1. The Labute approximate surface area is 69.9 Å². The Kier molecular flexibility index (Phi) is 2.54. The Balaban J connectivity index is 2.61. The molecule has 1 aliphatic heterocycles. The first-order valence-electron chi connectivity index (χ1n) is 3.55. The van der Waals surface area contributed by atoms with E-state index >= 15 is 0 Å². The van der Waals surface area contributed by atoms with Crippen molar-refractivity contribution in [3.8, 4) is 0 Å². The number of carboxylic acids is 1. The molecule has 11 heavy (non-hydrogen) atoms. The van der Waals surface area contributed by atoms with Crippen LogP contribution < -0.4 is 0 Å². The van der Waals surface area contributed by atoms with E-state index in [0.717, 1.165) is 5.75 Å². The van der Waals surface area contributed by atoms with E-state index in [9.17, 15) is 4.79 Å². The number of thioether (sulfide) groups is 1. The molecule has 1 atom stereocenters. The van der Waals surface area contributed by atoms with Crippen LogP contribution in [0.3, 0.4) is 0 Å². The van der Waals surface area contributed by atoms with Crippen LogP contribution in [0.2, 0.25) is 0 Å². The van der Waals surface area contributed by atoms with Crippen molar-refractivity contribution in [1.29, 1.82) is 0 Å². The Morgan fingerprint density at radius 3 is 2.73 bits per heavy atom. The van der Waals surface area contributed by atoms with Crippen LogP contribution in [0.15, 0.2) is 4.99 Å². The molecule has 0 spiro atoms. The first-order chi connectivity index (χ1) is 5.11. The molecular weight excluding hydrogens is 162 g/mol. The zero-order valence-corrected chi connectivity index (χ0v) is 7.39. The lowest BCUT2D eigenvalue weighted by Crippen LogP contribution is -2.12. The number of aliphatic imine (C=N–C) groups is 1. The van der Waals surface area contributed by atoms with Gasteiger partial charge in [0.1, 0.15) is 0 Å². The van der Waals surface area contributed by atoms with Gasteiger partial charge in [-0.15, -0.1) is 0 Å². The molecule has 0 amide bonds. The smallest absolute Gasteiger partial charge is 0.360 e. The highest BCUT2D eigenvalue weighted by Crippen LogP contribution is 2.22. The van der Waals surface area contributed by atoms with Gasteiger partial charge in [0.15, 0.2) is 5.04 Å². The molecule has 0 aliphatic carbocycles. The summed E-state index contributed by atoms with van der Waals surface area (Å²) in [6, 6.07) is 0.200. The maximum absolute atomic E-state index is 10.4. The predicted octanol–water partition coefficient (Wildman–Crippen LogP) is 1.24. The van der Waals surface area contributed by atoms with Gasteiger partial charge in [-0.1, -0.05) is 25.6 Å². The van der Waals surface area contributed by atoms with Crippen molar-refractivity contribution in [2.75, 3.05) is 5.75 Å². The van der Waals surface area contributed by atoms with Gasteiger partial charge in [-0.2, -0.15) is 0 Å². The van der Waals surface area contributed by atoms with Gasteiger partial charge in [0.25, 0.3) is 0 Å². The van der Waals surface area contributed by atoms with E-state index in [1.165, 1.54) is 11.8 Å². The fourth-order valence-electron chi connectivity index (χ4n) is 0.848. The summed E-state index contributed by atoms with van der Waals surface area (Å²) in [6.07, 6.45) is 0. The first kappa shape index (κ1) is 8.59. The molecule has 0 saturated heterocycles. The number of carboxylic acid groups (broad SMARTS) is 1. The summed E-state index contributed by atoms with van der Waals surface area (Å²) in [7, 11) is 0. The molecule has 0 aromatic rings. The third kappa shape index (κ3) is 1.96. The molecule has 0 saturated carbocycles. The normalized spacial score (nSPS) is 23.9. The highest BCUT2D eigenvalue weighted by Gasteiger charge is 2.24. The minimum Gasteiger partial charge on any atom is -0.476 e. The summed E-state index contributed by atoms with van der Waals surface area (Å²) in [5.74, 6) is 0.372. The van der Waals surface area contributed by atoms with E-state index in [2.05, 4.69) is 18.8 Å². The molecule has 62 valence electrons. The number of rotatable bonds is 2. The third-order valence-electron chi connectivity index (χ3n) is 1.63. The molecule has 1 unspecified atom stereocenters. The van der Waals surface area contributed by atoms with Crippen molar-refractivity contribution in [2.45, 2.75) is 19.9 Å². The standard InChI is InChI=1S/C7H11NO2S/c1-4(2)5-3-11-6(8-5)7(9)10/h4-5H,3H2,1-2H3,(H,9,10). The van der Waals surface area contributed by atoms with Crippen molar-refractivity contribution in [3.63, 3.8) is 0 Å². The van der Waals surface area contributed by atoms with E-state index in [0.29, 0.717) is 5.92 Å². The highest BCUT2D eigenvalue weighted by atomic mass is 32.2. The summed E-state index contributed by atoms with van der Waals surface area (Å²) < 4.78 is 0. The molecule has 4 heteroatoms. The van der Waals surface area contributed by atoms with Crippen LogP contribution in [0.4, 0.5) is 0 Å². The monoisotopic (exact) mass is 173 g/mol. The van der Waals surface area contributed by atoms with Crippen molar-refractivity contribution >= 4 is 22.8 Å². The minimum atomic E-state index is -0.891. The predicted molar refractivity (Wildman–Crippen MR) is 46.2 cm³/mol. The molecular formula is C7H11NO2S. The highest BCUT2D eigenvalue weighted by molar-refractivity contribution is 8.16. The maximum Gasteiger partial charge on any atom is 0.360 e. The van der Waals surface area contributed by atoms with Gasteiger partial charge in [0.05, 0.1) is 6.04 Å². The van der Waals surface area contributed by atoms with Crippen LogP contribution in [0, 0.1) is 5.92 Å². The van der Waals surface area contributed by atoms with Crippen molar-refractivity contribution < 1.29 is 9.90 Å². The number of aliphatic carboxylic acids is 1. The summed E-state index contributed by atoms with van der Waals surface area (Å²) in [5, 5.41) is 8.83. The maximum atomic E-state index is 10.4. The number of hydrogen-bond donors (Lipinski definition) is 1. The Hall–Kier alpha value is -0.510. The average molecular weight is 173 g/mol. The van der Waals surface area contributed by atoms with Crippen molar-refractivity contribution in [1.82, 2.24) is 0 Å². The molecule has 1 N–H and O–H groups in total. The molecule has 1 rings (SSSR count). The minimum absolute atomic E-state index is 0.200. The number of nitrogens with zero attached hydrogens (tertiary/aromatic N) is 1. The van der Waals surface area contributed by atoms with Gasteiger partial charge in [0, 0.05) is 5.75 Å². The zero-order chi connectivity index (χ0) is 8.43. The van der Waals surface area contributed by atoms with E-state index in [1.54, 1.807) is 0 Å². The molecule has 0 bridgehead atoms. The molecule has 0 aromatic heterocycles. The van der Waals surface area contributed by atoms with E-state index in [1.807, 2.05) is 0 Å². The van der Waals surface area contributed by atoms with Crippen LogP contribution in [0.1, 0.15) is 13.8 Å². The van der Waals surface area contributed by atoms with Crippen LogP contribution >= 0.6 is 11.8 Å². The van der Waals surface area contributed by atoms with Crippen LogP contribution in [0.5, 0.6) is 0 Å². The summed E-state index contributed by atoms with van der Waals surface area (Å²) >= 11 is 1.34. The first-order valence-corrected chi connectivity index (χ1v) is 4.53. The second-order valence-corrected chi connectivity index (χ2v) is 3.87. The largest absolute Gasteiger partial charge is 0.476 e. The lowest BCUT2D eigenvalue weighted by Gasteiger charge is -2.07. The second-order valence-electron chi connectivity index (χ2n) is 2.86. The molecule has 0 radical (unpaired) electrons.